The van der Waals surface area contributed by atoms with Gasteiger partial charge in [0.05, 0.1) is 20.1 Å². The van der Waals surface area contributed by atoms with Crippen LogP contribution in [0.4, 0.5) is 0 Å². The molecule has 1 aliphatic carbocycles. The molecule has 1 N–H and O–H groups in total. The molecule has 21 heavy (non-hydrogen) atoms. The Balaban J connectivity index is 2.54. The van der Waals surface area contributed by atoms with Gasteiger partial charge in [-0.3, -0.25) is 9.59 Å². The summed E-state index contributed by atoms with van der Waals surface area (Å²) in [5, 5.41) is 2.68. The van der Waals surface area contributed by atoms with Crippen LogP contribution in [0.3, 0.4) is 0 Å². The second-order valence-corrected chi connectivity index (χ2v) is 5.66. The Morgan fingerprint density at radius 2 is 1.67 bits per heavy atom. The number of esters is 2. The molecular weight excluding hydrogens is 274 g/mol. The van der Waals surface area contributed by atoms with Gasteiger partial charge in [0, 0.05) is 6.42 Å². The summed E-state index contributed by atoms with van der Waals surface area (Å²) < 4.78 is 9.33. The van der Waals surface area contributed by atoms with Gasteiger partial charge in [0.1, 0.15) is 6.04 Å². The lowest BCUT2D eigenvalue weighted by Crippen LogP contribution is -2.43. The van der Waals surface area contributed by atoms with Crippen LogP contribution in [0.15, 0.2) is 0 Å². The van der Waals surface area contributed by atoms with E-state index in [0.717, 1.165) is 25.7 Å². The Bertz CT molecular complexity index is 376. The summed E-state index contributed by atoms with van der Waals surface area (Å²) >= 11 is 0. The molecule has 0 aromatic heterocycles. The lowest BCUT2D eigenvalue weighted by atomic mass is 10.00. The Hall–Kier alpha value is -1.59. The van der Waals surface area contributed by atoms with Gasteiger partial charge in [-0.25, -0.2) is 4.79 Å². The van der Waals surface area contributed by atoms with Gasteiger partial charge in [-0.2, -0.15) is 0 Å². The maximum Gasteiger partial charge on any atom is 0.328 e. The number of carbonyl (C=O) groups excluding carboxylic acids is 3. The van der Waals surface area contributed by atoms with Crippen molar-refractivity contribution in [3.63, 3.8) is 0 Å². The van der Waals surface area contributed by atoms with Gasteiger partial charge in [-0.15, -0.1) is 0 Å². The summed E-state index contributed by atoms with van der Waals surface area (Å²) in [6.07, 6.45) is 5.06. The second kappa shape index (κ2) is 8.64. The Morgan fingerprint density at radius 3 is 2.19 bits per heavy atom. The summed E-state index contributed by atoms with van der Waals surface area (Å²) in [7, 11) is 2.56. The molecule has 6 heteroatoms. The van der Waals surface area contributed by atoms with Crippen molar-refractivity contribution >= 4 is 17.8 Å². The first-order valence-electron chi connectivity index (χ1n) is 7.43. The summed E-state index contributed by atoms with van der Waals surface area (Å²) in [4.78, 5) is 35.2. The van der Waals surface area contributed by atoms with Crippen LogP contribution in [0.25, 0.3) is 0 Å². The van der Waals surface area contributed by atoms with E-state index in [1.54, 1.807) is 6.92 Å². The zero-order valence-electron chi connectivity index (χ0n) is 13.0. The highest BCUT2D eigenvalue weighted by molar-refractivity contribution is 5.85. The zero-order valence-corrected chi connectivity index (χ0v) is 13.0. The molecule has 2 atom stereocenters. The average Bonchev–Trinajstić information content (AvgIpc) is 2.97. The molecule has 0 unspecified atom stereocenters. The molecule has 6 nitrogen and oxygen atoms in total. The number of ether oxygens (including phenoxy) is 2. The number of methoxy groups -OCH3 is 2. The van der Waals surface area contributed by atoms with Crippen molar-refractivity contribution in [2.24, 2.45) is 11.8 Å². The van der Waals surface area contributed by atoms with Crippen LogP contribution in [0.2, 0.25) is 0 Å². The first kappa shape index (κ1) is 17.5. The van der Waals surface area contributed by atoms with Crippen LogP contribution in [-0.4, -0.2) is 38.1 Å². The second-order valence-electron chi connectivity index (χ2n) is 5.66. The molecule has 1 saturated carbocycles. The van der Waals surface area contributed by atoms with E-state index in [0.29, 0.717) is 12.3 Å². The van der Waals surface area contributed by atoms with Gasteiger partial charge in [-0.1, -0.05) is 19.8 Å². The van der Waals surface area contributed by atoms with Crippen LogP contribution < -0.4 is 5.32 Å². The monoisotopic (exact) mass is 299 g/mol. The number of nitrogens with one attached hydrogen (secondary N) is 1. The van der Waals surface area contributed by atoms with E-state index >= 15 is 0 Å². The first-order valence-corrected chi connectivity index (χ1v) is 7.43. The Morgan fingerprint density at radius 1 is 1.10 bits per heavy atom. The minimum Gasteiger partial charge on any atom is -0.469 e. The van der Waals surface area contributed by atoms with Gasteiger partial charge < -0.3 is 14.8 Å². The van der Waals surface area contributed by atoms with Crippen molar-refractivity contribution in [2.75, 3.05) is 14.2 Å². The molecule has 0 spiro atoms. The van der Waals surface area contributed by atoms with Crippen LogP contribution >= 0.6 is 0 Å². The molecule has 1 fully saturated rings. The zero-order chi connectivity index (χ0) is 15.8. The Labute approximate surface area is 125 Å². The van der Waals surface area contributed by atoms with Crippen molar-refractivity contribution in [1.29, 1.82) is 0 Å². The summed E-state index contributed by atoms with van der Waals surface area (Å²) in [6.45, 7) is 1.66. The van der Waals surface area contributed by atoms with Crippen LogP contribution in [0.1, 0.15) is 45.4 Å². The molecule has 0 aromatic rings. The van der Waals surface area contributed by atoms with E-state index in [2.05, 4.69) is 10.1 Å². The normalized spacial score (nSPS) is 17.9. The molecular formula is C15H25NO5. The largest absolute Gasteiger partial charge is 0.469 e. The first-order chi connectivity index (χ1) is 9.97. The van der Waals surface area contributed by atoms with Gasteiger partial charge in [0.25, 0.3) is 0 Å². The SMILES string of the molecule is COC(=O)[C@@H](C)C[C@@H](NC(=O)CC1CCCC1)C(=O)OC. The molecule has 0 aliphatic heterocycles. The fourth-order valence-electron chi connectivity index (χ4n) is 2.74. The molecule has 1 aliphatic rings. The molecule has 1 rings (SSSR count). The minimum atomic E-state index is -0.807. The molecule has 0 saturated heterocycles. The van der Waals surface area contributed by atoms with E-state index in [-0.39, 0.29) is 12.3 Å². The number of amides is 1. The average molecular weight is 299 g/mol. The molecule has 1 amide bonds. The van der Waals surface area contributed by atoms with Gasteiger partial charge >= 0.3 is 11.9 Å². The van der Waals surface area contributed by atoms with E-state index in [1.807, 2.05) is 0 Å². The standard InChI is InChI=1S/C15H25NO5/c1-10(14(18)20-2)8-12(15(19)21-3)16-13(17)9-11-6-4-5-7-11/h10-12H,4-9H2,1-3H3,(H,16,17)/t10-,12+/m0/s1. The van der Waals surface area contributed by atoms with E-state index < -0.39 is 23.9 Å². The number of rotatable bonds is 7. The maximum atomic E-state index is 12.0. The van der Waals surface area contributed by atoms with Crippen LogP contribution in [0.5, 0.6) is 0 Å². The summed E-state index contributed by atoms with van der Waals surface area (Å²) in [5.74, 6) is -1.18. The molecule has 120 valence electrons. The lowest BCUT2D eigenvalue weighted by Gasteiger charge is -2.20. The highest BCUT2D eigenvalue weighted by Crippen LogP contribution is 2.27. The summed E-state index contributed by atoms with van der Waals surface area (Å²) in [6, 6.07) is -0.807. The fourth-order valence-corrected chi connectivity index (χ4v) is 2.74. The maximum absolute atomic E-state index is 12.0. The van der Waals surface area contributed by atoms with Crippen molar-refractivity contribution in [2.45, 2.75) is 51.5 Å². The lowest BCUT2D eigenvalue weighted by molar-refractivity contribution is -0.149. The third-order valence-corrected chi connectivity index (χ3v) is 3.96. The highest BCUT2D eigenvalue weighted by atomic mass is 16.5. The van der Waals surface area contributed by atoms with Crippen molar-refractivity contribution in [3.05, 3.63) is 0 Å². The minimum absolute atomic E-state index is 0.158. The summed E-state index contributed by atoms with van der Waals surface area (Å²) in [5.41, 5.74) is 0. The van der Waals surface area contributed by atoms with Crippen molar-refractivity contribution < 1.29 is 23.9 Å². The predicted octanol–water partition coefficient (Wildman–Crippen LogP) is 1.42. The Kier molecular flexibility index (Phi) is 7.19. The van der Waals surface area contributed by atoms with E-state index in [9.17, 15) is 14.4 Å². The predicted molar refractivity (Wildman–Crippen MR) is 76.3 cm³/mol. The van der Waals surface area contributed by atoms with Crippen LogP contribution in [-0.2, 0) is 23.9 Å². The molecule has 0 radical (unpaired) electrons. The third kappa shape index (κ3) is 5.73. The van der Waals surface area contributed by atoms with Crippen LogP contribution in [0, 0.1) is 11.8 Å². The third-order valence-electron chi connectivity index (χ3n) is 3.96. The molecule has 0 aromatic carbocycles. The number of carbonyl (C=O) groups is 3. The fraction of sp³-hybridized carbons (Fsp3) is 0.800. The van der Waals surface area contributed by atoms with Crippen molar-refractivity contribution in [3.8, 4) is 0 Å². The molecule has 0 bridgehead atoms. The topological polar surface area (TPSA) is 81.7 Å². The highest BCUT2D eigenvalue weighted by Gasteiger charge is 2.28. The molecule has 0 heterocycles. The van der Waals surface area contributed by atoms with Gasteiger partial charge in [0.2, 0.25) is 5.91 Å². The van der Waals surface area contributed by atoms with Crippen molar-refractivity contribution in [1.82, 2.24) is 5.32 Å². The number of hydrogen-bond acceptors (Lipinski definition) is 5. The quantitative estimate of drug-likeness (QED) is 0.719. The van der Waals surface area contributed by atoms with E-state index in [1.165, 1.54) is 14.2 Å². The van der Waals surface area contributed by atoms with Gasteiger partial charge in [-0.05, 0) is 25.2 Å². The smallest absolute Gasteiger partial charge is 0.328 e. The number of hydrogen-bond donors (Lipinski definition) is 1. The van der Waals surface area contributed by atoms with E-state index in [4.69, 9.17) is 4.74 Å². The van der Waals surface area contributed by atoms with Gasteiger partial charge in [0.15, 0.2) is 0 Å².